The fourth-order valence-corrected chi connectivity index (χ4v) is 1.49. The van der Waals surface area contributed by atoms with E-state index < -0.39 is 4.92 Å². The maximum absolute atomic E-state index is 11.7. The lowest BCUT2D eigenvalue weighted by Crippen LogP contribution is -2.30. The second kappa shape index (κ2) is 6.26. The molecule has 1 rings (SSSR count). The Labute approximate surface area is 106 Å². The maximum atomic E-state index is 11.7. The number of rotatable bonds is 5. The van der Waals surface area contributed by atoms with Crippen molar-refractivity contribution in [2.24, 2.45) is 0 Å². The Morgan fingerprint density at radius 1 is 1.59 bits per heavy atom. The molecule has 0 bridgehead atoms. The minimum absolute atomic E-state index is 0.197. The SMILES string of the molecule is CNCCNC(=O)c1cc([N+](=O)[O-])ncc1Br. The van der Waals surface area contributed by atoms with Gasteiger partial charge < -0.3 is 20.7 Å². The van der Waals surface area contributed by atoms with Gasteiger partial charge in [-0.25, -0.2) is 0 Å². The lowest BCUT2D eigenvalue weighted by molar-refractivity contribution is -0.389. The molecule has 0 aliphatic rings. The van der Waals surface area contributed by atoms with Gasteiger partial charge in [0.15, 0.2) is 6.20 Å². The highest BCUT2D eigenvalue weighted by molar-refractivity contribution is 9.10. The molecule has 0 saturated carbocycles. The molecule has 1 aromatic heterocycles. The van der Waals surface area contributed by atoms with E-state index in [0.717, 1.165) is 6.07 Å². The zero-order valence-corrected chi connectivity index (χ0v) is 10.7. The van der Waals surface area contributed by atoms with Crippen LogP contribution in [0.4, 0.5) is 5.82 Å². The van der Waals surface area contributed by atoms with Crippen LogP contribution in [0.1, 0.15) is 10.4 Å². The lowest BCUT2D eigenvalue weighted by Gasteiger charge is -2.05. The topological polar surface area (TPSA) is 97.2 Å². The van der Waals surface area contributed by atoms with Gasteiger partial charge in [-0.3, -0.25) is 4.79 Å². The molecule has 0 aliphatic carbocycles. The van der Waals surface area contributed by atoms with Crippen LogP contribution in [0.3, 0.4) is 0 Å². The van der Waals surface area contributed by atoms with Crippen molar-refractivity contribution in [2.45, 2.75) is 0 Å². The molecule has 0 aromatic carbocycles. The molecule has 0 saturated heterocycles. The first-order valence-electron chi connectivity index (χ1n) is 4.79. The number of pyridine rings is 1. The number of halogens is 1. The Balaban J connectivity index is 2.84. The van der Waals surface area contributed by atoms with E-state index in [0.29, 0.717) is 17.6 Å². The van der Waals surface area contributed by atoms with Crippen LogP contribution in [-0.2, 0) is 0 Å². The fourth-order valence-electron chi connectivity index (χ4n) is 1.10. The molecule has 0 unspecified atom stereocenters. The van der Waals surface area contributed by atoms with Crippen molar-refractivity contribution in [1.82, 2.24) is 15.6 Å². The van der Waals surface area contributed by atoms with Gasteiger partial charge in [-0.1, -0.05) is 0 Å². The van der Waals surface area contributed by atoms with Gasteiger partial charge in [0, 0.05) is 19.2 Å². The van der Waals surface area contributed by atoms with Crippen LogP contribution >= 0.6 is 15.9 Å². The molecule has 0 spiro atoms. The summed E-state index contributed by atoms with van der Waals surface area (Å²) in [6.07, 6.45) is 1.24. The molecule has 8 heteroatoms. The fraction of sp³-hybridized carbons (Fsp3) is 0.333. The van der Waals surface area contributed by atoms with Crippen molar-refractivity contribution in [3.63, 3.8) is 0 Å². The second-order valence-corrected chi connectivity index (χ2v) is 3.99. The highest BCUT2D eigenvalue weighted by Crippen LogP contribution is 2.19. The zero-order valence-electron chi connectivity index (χ0n) is 9.07. The zero-order chi connectivity index (χ0) is 12.8. The number of likely N-dealkylation sites (N-methyl/N-ethyl adjacent to an activating group) is 1. The number of amides is 1. The van der Waals surface area contributed by atoms with Crippen molar-refractivity contribution in [2.75, 3.05) is 20.1 Å². The van der Waals surface area contributed by atoms with E-state index in [9.17, 15) is 14.9 Å². The van der Waals surface area contributed by atoms with Gasteiger partial charge in [0.1, 0.15) is 0 Å². The first kappa shape index (κ1) is 13.5. The predicted molar refractivity (Wildman–Crippen MR) is 64.9 cm³/mol. The Bertz CT molecular complexity index is 438. The Morgan fingerprint density at radius 3 is 2.88 bits per heavy atom. The minimum atomic E-state index is -0.642. The number of hydrogen-bond acceptors (Lipinski definition) is 5. The second-order valence-electron chi connectivity index (χ2n) is 3.14. The summed E-state index contributed by atoms with van der Waals surface area (Å²) < 4.78 is 0.421. The maximum Gasteiger partial charge on any atom is 0.364 e. The van der Waals surface area contributed by atoms with E-state index in [2.05, 4.69) is 31.5 Å². The Kier molecular flexibility index (Phi) is 4.98. The summed E-state index contributed by atoms with van der Waals surface area (Å²) in [7, 11) is 1.76. The molecular formula is C9H11BrN4O3. The van der Waals surface area contributed by atoms with Crippen molar-refractivity contribution >= 4 is 27.7 Å². The summed E-state index contributed by atoms with van der Waals surface area (Å²) in [5, 5.41) is 16.0. The average Bonchev–Trinajstić information content (AvgIpc) is 2.29. The van der Waals surface area contributed by atoms with E-state index in [1.165, 1.54) is 6.20 Å². The van der Waals surface area contributed by atoms with Crippen molar-refractivity contribution in [1.29, 1.82) is 0 Å². The summed E-state index contributed by atoms with van der Waals surface area (Å²) in [5.41, 5.74) is 0.197. The van der Waals surface area contributed by atoms with Crippen LogP contribution in [0.2, 0.25) is 0 Å². The van der Waals surface area contributed by atoms with Gasteiger partial charge in [0.25, 0.3) is 5.91 Å². The molecule has 17 heavy (non-hydrogen) atoms. The summed E-state index contributed by atoms with van der Waals surface area (Å²) >= 11 is 3.13. The van der Waals surface area contributed by atoms with E-state index in [1.807, 2.05) is 0 Å². The summed E-state index contributed by atoms with van der Waals surface area (Å²) in [5.74, 6) is -0.732. The van der Waals surface area contributed by atoms with Crippen LogP contribution in [0, 0.1) is 10.1 Å². The molecule has 7 nitrogen and oxygen atoms in total. The van der Waals surface area contributed by atoms with E-state index in [1.54, 1.807) is 7.05 Å². The number of nitrogens with one attached hydrogen (secondary N) is 2. The number of aromatic nitrogens is 1. The van der Waals surface area contributed by atoms with Gasteiger partial charge in [-0.05, 0) is 32.9 Å². The minimum Gasteiger partial charge on any atom is -0.358 e. The molecule has 92 valence electrons. The third-order valence-electron chi connectivity index (χ3n) is 1.93. The van der Waals surface area contributed by atoms with Gasteiger partial charge in [0.2, 0.25) is 0 Å². The molecular weight excluding hydrogens is 292 g/mol. The molecule has 0 aliphatic heterocycles. The van der Waals surface area contributed by atoms with Gasteiger partial charge in [-0.2, -0.15) is 0 Å². The van der Waals surface area contributed by atoms with Crippen LogP contribution in [-0.4, -0.2) is 36.0 Å². The van der Waals surface area contributed by atoms with E-state index in [4.69, 9.17) is 0 Å². The first-order chi connectivity index (χ1) is 8.06. The Hall–Kier alpha value is -1.54. The van der Waals surface area contributed by atoms with E-state index >= 15 is 0 Å². The molecule has 0 radical (unpaired) electrons. The number of carbonyl (C=O) groups excluding carboxylic acids is 1. The van der Waals surface area contributed by atoms with Gasteiger partial charge >= 0.3 is 5.82 Å². The quantitative estimate of drug-likeness (QED) is 0.474. The molecule has 0 fully saturated rings. The summed E-state index contributed by atoms with van der Waals surface area (Å²) in [6.45, 7) is 1.06. The molecule has 1 aromatic rings. The van der Waals surface area contributed by atoms with Crippen molar-refractivity contribution in [3.05, 3.63) is 32.4 Å². The highest BCUT2D eigenvalue weighted by Gasteiger charge is 2.16. The average molecular weight is 303 g/mol. The monoisotopic (exact) mass is 302 g/mol. The number of hydrogen-bond donors (Lipinski definition) is 2. The molecule has 1 heterocycles. The standard InChI is InChI=1S/C9H11BrN4O3/c1-11-2-3-12-9(15)6-4-8(14(16)17)13-5-7(6)10/h4-5,11H,2-3H2,1H3,(H,12,15). The lowest BCUT2D eigenvalue weighted by atomic mass is 10.2. The number of carbonyl (C=O) groups is 1. The number of nitro groups is 1. The van der Waals surface area contributed by atoms with Crippen molar-refractivity contribution < 1.29 is 9.72 Å². The van der Waals surface area contributed by atoms with Gasteiger partial charge in [0.05, 0.1) is 10.0 Å². The smallest absolute Gasteiger partial charge is 0.358 e. The van der Waals surface area contributed by atoms with Crippen molar-refractivity contribution in [3.8, 4) is 0 Å². The van der Waals surface area contributed by atoms with Crippen LogP contribution < -0.4 is 10.6 Å². The molecule has 2 N–H and O–H groups in total. The molecule has 0 atom stereocenters. The third kappa shape index (κ3) is 3.75. The predicted octanol–water partition coefficient (Wildman–Crippen LogP) is 0.701. The van der Waals surface area contributed by atoms with Crippen LogP contribution in [0.15, 0.2) is 16.7 Å². The number of nitrogens with zero attached hydrogens (tertiary/aromatic N) is 2. The summed E-state index contributed by atoms with van der Waals surface area (Å²) in [4.78, 5) is 25.2. The summed E-state index contributed by atoms with van der Waals surface area (Å²) in [6, 6.07) is 1.14. The van der Waals surface area contributed by atoms with Gasteiger partial charge in [-0.15, -0.1) is 0 Å². The normalized spacial score (nSPS) is 10.0. The van der Waals surface area contributed by atoms with Crippen LogP contribution in [0.5, 0.6) is 0 Å². The van der Waals surface area contributed by atoms with Crippen LogP contribution in [0.25, 0.3) is 0 Å². The highest BCUT2D eigenvalue weighted by atomic mass is 79.9. The Morgan fingerprint density at radius 2 is 2.29 bits per heavy atom. The largest absolute Gasteiger partial charge is 0.364 e. The third-order valence-corrected chi connectivity index (χ3v) is 2.57. The first-order valence-corrected chi connectivity index (χ1v) is 5.58. The van der Waals surface area contributed by atoms with E-state index in [-0.39, 0.29) is 17.3 Å². The molecule has 1 amide bonds.